The Kier molecular flexibility index (Phi) is 10.0. The highest BCUT2D eigenvalue weighted by atomic mass is 16.5. The lowest BCUT2D eigenvalue weighted by molar-refractivity contribution is -0.137. The van der Waals surface area contributed by atoms with Crippen molar-refractivity contribution in [1.82, 2.24) is 0 Å². The van der Waals surface area contributed by atoms with Gasteiger partial charge in [-0.2, -0.15) is 0 Å². The summed E-state index contributed by atoms with van der Waals surface area (Å²) in [4.78, 5) is 22.7. The molecule has 0 saturated heterocycles. The van der Waals surface area contributed by atoms with Crippen LogP contribution < -0.4 is 14.2 Å². The van der Waals surface area contributed by atoms with Crippen molar-refractivity contribution in [3.63, 3.8) is 0 Å². The lowest BCUT2D eigenvalue weighted by Crippen LogP contribution is -2.24. The third kappa shape index (κ3) is 6.93. The molecule has 1 heterocycles. The lowest BCUT2D eigenvalue weighted by Gasteiger charge is -2.29. The van der Waals surface area contributed by atoms with Crippen LogP contribution in [0.2, 0.25) is 0 Å². The fourth-order valence-electron chi connectivity index (χ4n) is 4.61. The van der Waals surface area contributed by atoms with Gasteiger partial charge in [0.05, 0.1) is 24.9 Å². The van der Waals surface area contributed by atoms with Crippen molar-refractivity contribution in [3.8, 4) is 23.0 Å². The Morgan fingerprint density at radius 3 is 2.28 bits per heavy atom. The van der Waals surface area contributed by atoms with Gasteiger partial charge in [-0.05, 0) is 62.8 Å². The number of rotatable bonds is 14. The molecule has 0 fully saturated rings. The lowest BCUT2D eigenvalue weighted by atomic mass is 9.95. The van der Waals surface area contributed by atoms with E-state index in [-0.39, 0.29) is 24.1 Å². The zero-order chi connectivity index (χ0) is 26.1. The van der Waals surface area contributed by atoms with E-state index in [0.29, 0.717) is 49.4 Å². The largest absolute Gasteiger partial charge is 0.507 e. The van der Waals surface area contributed by atoms with Crippen LogP contribution in [-0.2, 0) is 24.1 Å². The minimum atomic E-state index is -0.802. The van der Waals surface area contributed by atoms with Gasteiger partial charge in [-0.15, -0.1) is 0 Å². The topological polar surface area (TPSA) is 102 Å². The van der Waals surface area contributed by atoms with E-state index in [0.717, 1.165) is 54.7 Å². The molecule has 0 saturated carbocycles. The van der Waals surface area contributed by atoms with E-state index in [2.05, 4.69) is 6.92 Å². The van der Waals surface area contributed by atoms with Crippen molar-refractivity contribution < 1.29 is 34.0 Å². The van der Waals surface area contributed by atoms with Crippen LogP contribution in [-0.4, -0.2) is 41.3 Å². The fraction of sp³-hybridized carbons (Fsp3) is 0.517. The van der Waals surface area contributed by atoms with Crippen LogP contribution >= 0.6 is 0 Å². The third-order valence-corrected chi connectivity index (χ3v) is 6.42. The molecule has 196 valence electrons. The smallest absolute Gasteiger partial charge is 0.303 e. The van der Waals surface area contributed by atoms with E-state index in [4.69, 9.17) is 19.3 Å². The SMILES string of the molecule is CCCc1c(OCCCOc2ccc3c(c2CCC)OC(CCC(=O)O)CC3)ccc(C(C)=O)c1O. The summed E-state index contributed by atoms with van der Waals surface area (Å²) in [6.07, 6.45) is 6.09. The highest BCUT2D eigenvalue weighted by Gasteiger charge is 2.25. The highest BCUT2D eigenvalue weighted by molar-refractivity contribution is 5.97. The maximum absolute atomic E-state index is 11.8. The van der Waals surface area contributed by atoms with Crippen molar-refractivity contribution in [3.05, 3.63) is 46.5 Å². The zero-order valence-electron chi connectivity index (χ0n) is 21.6. The normalized spacial score (nSPS) is 14.6. The number of phenolic OH excluding ortho intramolecular Hbond substituents is 1. The molecule has 0 aliphatic carbocycles. The summed E-state index contributed by atoms with van der Waals surface area (Å²) in [6, 6.07) is 7.41. The molecule has 2 aromatic rings. The Morgan fingerprint density at radius 1 is 1.00 bits per heavy atom. The predicted octanol–water partition coefficient (Wildman–Crippen LogP) is 5.91. The van der Waals surface area contributed by atoms with Crippen molar-refractivity contribution in [2.75, 3.05) is 13.2 Å². The molecular weight excluding hydrogens is 460 g/mol. The molecule has 0 aromatic heterocycles. The van der Waals surface area contributed by atoms with Gasteiger partial charge in [0, 0.05) is 24.0 Å². The molecule has 0 amide bonds. The number of aromatic hydroxyl groups is 1. The first-order chi connectivity index (χ1) is 17.3. The monoisotopic (exact) mass is 498 g/mol. The standard InChI is InChI=1S/C29H38O7/c1-4-7-23-25(15-13-22(19(3)30)28(23)33)34-17-6-18-35-26-14-10-20-9-11-21(12-16-27(31)32)36-29(20)24(26)8-5-2/h10,13-15,21,33H,4-9,11-12,16-18H2,1-3H3,(H,31,32). The van der Waals surface area contributed by atoms with Crippen LogP contribution in [0, 0.1) is 0 Å². The van der Waals surface area contributed by atoms with Gasteiger partial charge in [-0.25, -0.2) is 0 Å². The number of carboxylic acids is 1. The molecule has 7 nitrogen and oxygen atoms in total. The molecule has 1 aliphatic rings. The first-order valence-electron chi connectivity index (χ1n) is 13.0. The van der Waals surface area contributed by atoms with Gasteiger partial charge in [-0.1, -0.05) is 32.8 Å². The Balaban J connectivity index is 1.61. The molecule has 7 heteroatoms. The molecular formula is C29H38O7. The maximum atomic E-state index is 11.8. The summed E-state index contributed by atoms with van der Waals surface area (Å²) in [5.74, 6) is 1.29. The number of Topliss-reactive ketones (excluding diaryl/α,β-unsaturated/α-hetero) is 1. The van der Waals surface area contributed by atoms with E-state index in [9.17, 15) is 14.7 Å². The third-order valence-electron chi connectivity index (χ3n) is 6.42. The number of aryl methyl sites for hydroxylation is 1. The number of carboxylic acid groups (broad SMARTS) is 1. The molecule has 0 spiro atoms. The summed E-state index contributed by atoms with van der Waals surface area (Å²) >= 11 is 0. The van der Waals surface area contributed by atoms with Crippen LogP contribution in [0.5, 0.6) is 23.0 Å². The Labute approximate surface area is 213 Å². The van der Waals surface area contributed by atoms with E-state index in [1.165, 1.54) is 6.92 Å². The van der Waals surface area contributed by atoms with Gasteiger partial charge < -0.3 is 24.4 Å². The number of phenols is 1. The van der Waals surface area contributed by atoms with Crippen molar-refractivity contribution in [1.29, 1.82) is 0 Å². The van der Waals surface area contributed by atoms with Crippen molar-refractivity contribution >= 4 is 11.8 Å². The molecule has 0 bridgehead atoms. The quantitative estimate of drug-likeness (QED) is 0.247. The first-order valence-corrected chi connectivity index (χ1v) is 13.0. The molecule has 2 N–H and O–H groups in total. The average Bonchev–Trinajstić information content (AvgIpc) is 2.85. The van der Waals surface area contributed by atoms with Gasteiger partial charge in [0.25, 0.3) is 0 Å². The first kappa shape index (κ1) is 27.4. The number of hydrogen-bond donors (Lipinski definition) is 2. The van der Waals surface area contributed by atoms with E-state index in [1.54, 1.807) is 12.1 Å². The summed E-state index contributed by atoms with van der Waals surface area (Å²) in [7, 11) is 0. The van der Waals surface area contributed by atoms with Gasteiger partial charge >= 0.3 is 5.97 Å². The Bertz CT molecular complexity index is 1060. The molecule has 1 aliphatic heterocycles. The molecule has 2 aromatic carbocycles. The molecule has 36 heavy (non-hydrogen) atoms. The second kappa shape index (κ2) is 13.2. The van der Waals surface area contributed by atoms with E-state index in [1.807, 2.05) is 19.1 Å². The van der Waals surface area contributed by atoms with Gasteiger partial charge in [0.1, 0.15) is 23.0 Å². The van der Waals surface area contributed by atoms with Crippen LogP contribution in [0.15, 0.2) is 24.3 Å². The highest BCUT2D eigenvalue weighted by Crippen LogP contribution is 2.39. The molecule has 3 rings (SSSR count). The van der Waals surface area contributed by atoms with Crippen molar-refractivity contribution in [2.45, 2.75) is 84.7 Å². The predicted molar refractivity (Wildman–Crippen MR) is 138 cm³/mol. The number of ether oxygens (including phenoxy) is 3. The average molecular weight is 499 g/mol. The van der Waals surface area contributed by atoms with Gasteiger partial charge in [-0.3, -0.25) is 9.59 Å². The van der Waals surface area contributed by atoms with Crippen molar-refractivity contribution in [2.24, 2.45) is 0 Å². The van der Waals surface area contributed by atoms with Crippen LogP contribution in [0.25, 0.3) is 0 Å². The minimum absolute atomic E-state index is 0.0121. The number of ketones is 1. The summed E-state index contributed by atoms with van der Waals surface area (Å²) in [5.41, 5.74) is 3.18. The fourth-order valence-corrected chi connectivity index (χ4v) is 4.61. The second-order valence-corrected chi connectivity index (χ2v) is 9.29. The van der Waals surface area contributed by atoms with Crippen LogP contribution in [0.1, 0.15) is 86.3 Å². The zero-order valence-corrected chi connectivity index (χ0v) is 21.6. The van der Waals surface area contributed by atoms with Crippen LogP contribution in [0.4, 0.5) is 0 Å². The Hall–Kier alpha value is -3.22. The summed E-state index contributed by atoms with van der Waals surface area (Å²) in [5, 5.41) is 19.5. The molecule has 1 unspecified atom stereocenters. The van der Waals surface area contributed by atoms with Crippen LogP contribution in [0.3, 0.4) is 0 Å². The number of carbonyl (C=O) groups is 2. The maximum Gasteiger partial charge on any atom is 0.303 e. The van der Waals surface area contributed by atoms with Gasteiger partial charge in [0.15, 0.2) is 5.78 Å². The number of hydrogen-bond acceptors (Lipinski definition) is 6. The molecule has 0 radical (unpaired) electrons. The number of carbonyl (C=O) groups excluding carboxylic acids is 1. The number of fused-ring (bicyclic) bond motifs is 1. The summed E-state index contributed by atoms with van der Waals surface area (Å²) in [6.45, 7) is 6.44. The van der Waals surface area contributed by atoms with E-state index >= 15 is 0 Å². The minimum Gasteiger partial charge on any atom is -0.507 e. The number of benzene rings is 2. The van der Waals surface area contributed by atoms with E-state index < -0.39 is 5.97 Å². The molecule has 1 atom stereocenters. The number of aliphatic carboxylic acids is 1. The second-order valence-electron chi connectivity index (χ2n) is 9.29. The Morgan fingerprint density at radius 2 is 1.64 bits per heavy atom. The summed E-state index contributed by atoms with van der Waals surface area (Å²) < 4.78 is 18.3. The van der Waals surface area contributed by atoms with Gasteiger partial charge in [0.2, 0.25) is 0 Å².